The number of likely N-dealkylation sites (N-methyl/N-ethyl adjacent to an activating group) is 1. The van der Waals surface area contributed by atoms with E-state index in [1.54, 1.807) is 35.8 Å². The van der Waals surface area contributed by atoms with Crippen LogP contribution in [0.25, 0.3) is 0 Å². The summed E-state index contributed by atoms with van der Waals surface area (Å²) in [4.78, 5) is 37.5. The van der Waals surface area contributed by atoms with E-state index in [2.05, 4.69) is 15.3 Å². The molecule has 1 fully saturated rings. The number of pyridine rings is 1. The van der Waals surface area contributed by atoms with Crippen molar-refractivity contribution in [2.24, 2.45) is 5.92 Å². The average molecular weight is 478 g/mol. The molecule has 0 aliphatic carbocycles. The number of aromatic nitrogens is 2. The molecule has 10 heteroatoms. The molecule has 176 valence electrons. The first-order valence-electron chi connectivity index (χ1n) is 11.0. The molecule has 3 heterocycles. The number of anilines is 2. The predicted molar refractivity (Wildman–Crippen MR) is 133 cm³/mol. The summed E-state index contributed by atoms with van der Waals surface area (Å²) < 4.78 is 0. The van der Waals surface area contributed by atoms with E-state index in [4.69, 9.17) is 11.1 Å². The second kappa shape index (κ2) is 10.0. The summed E-state index contributed by atoms with van der Waals surface area (Å²) in [5, 5.41) is 13.6. The highest BCUT2D eigenvalue weighted by Gasteiger charge is 2.54. The third-order valence-corrected chi connectivity index (χ3v) is 6.62. The van der Waals surface area contributed by atoms with Gasteiger partial charge < -0.3 is 16.0 Å². The SMILES string of the molecule is CC[C@@H](NC(=O)N1C(=O)[C@H](Cc2ccnc(N)c2)[C@H]1C(=N)N(C)c1cscn1)c1ccccc1. The highest BCUT2D eigenvalue weighted by atomic mass is 32.1. The molecule has 9 nitrogen and oxygen atoms in total. The molecule has 4 N–H and O–H groups in total. The first-order chi connectivity index (χ1) is 16.4. The molecular formula is C24H27N7O2S. The highest BCUT2D eigenvalue weighted by Crippen LogP contribution is 2.33. The number of amidine groups is 1. The number of amides is 3. The number of β-lactam (4-membered cyclic amide) rings is 1. The number of nitrogen functional groups attached to an aromatic ring is 1. The minimum atomic E-state index is -0.734. The Kier molecular flexibility index (Phi) is 6.87. The van der Waals surface area contributed by atoms with Crippen LogP contribution in [-0.2, 0) is 11.2 Å². The molecule has 0 saturated carbocycles. The summed E-state index contributed by atoms with van der Waals surface area (Å²) in [6, 6.07) is 11.6. The summed E-state index contributed by atoms with van der Waals surface area (Å²) in [5.41, 5.74) is 9.28. The van der Waals surface area contributed by atoms with Crippen molar-refractivity contribution in [1.82, 2.24) is 20.2 Å². The molecule has 1 aromatic carbocycles. The molecule has 1 aliphatic heterocycles. The Morgan fingerprint density at radius 1 is 1.29 bits per heavy atom. The number of hydrogen-bond donors (Lipinski definition) is 3. The van der Waals surface area contributed by atoms with E-state index < -0.39 is 18.0 Å². The van der Waals surface area contributed by atoms with Crippen LogP contribution in [-0.4, -0.2) is 45.7 Å². The van der Waals surface area contributed by atoms with Crippen LogP contribution in [0.3, 0.4) is 0 Å². The van der Waals surface area contributed by atoms with Gasteiger partial charge in [0.15, 0.2) is 0 Å². The molecule has 1 aliphatic rings. The number of nitrogens with one attached hydrogen (secondary N) is 2. The third kappa shape index (κ3) is 4.62. The van der Waals surface area contributed by atoms with E-state index in [0.717, 1.165) is 16.0 Å². The van der Waals surface area contributed by atoms with Gasteiger partial charge in [0.2, 0.25) is 5.91 Å². The van der Waals surface area contributed by atoms with Crippen LogP contribution in [0.1, 0.15) is 30.5 Å². The van der Waals surface area contributed by atoms with Crippen LogP contribution >= 0.6 is 11.3 Å². The zero-order valence-corrected chi connectivity index (χ0v) is 19.8. The lowest BCUT2D eigenvalue weighted by atomic mass is 9.81. The summed E-state index contributed by atoms with van der Waals surface area (Å²) in [6.45, 7) is 1.97. The van der Waals surface area contributed by atoms with E-state index in [1.165, 1.54) is 11.3 Å². The van der Waals surface area contributed by atoms with E-state index in [-0.39, 0.29) is 17.8 Å². The van der Waals surface area contributed by atoms with Gasteiger partial charge in [0.05, 0.1) is 17.5 Å². The maximum Gasteiger partial charge on any atom is 0.325 e. The molecule has 3 aromatic rings. The Morgan fingerprint density at radius 2 is 2.06 bits per heavy atom. The van der Waals surface area contributed by atoms with Crippen LogP contribution in [0.4, 0.5) is 16.4 Å². The lowest BCUT2D eigenvalue weighted by Crippen LogP contribution is -2.70. The number of hydrogen-bond acceptors (Lipinski definition) is 7. The fourth-order valence-electron chi connectivity index (χ4n) is 4.18. The molecule has 0 radical (unpaired) electrons. The molecule has 3 amide bonds. The molecule has 2 aromatic heterocycles. The van der Waals surface area contributed by atoms with Gasteiger partial charge in [-0.25, -0.2) is 14.8 Å². The van der Waals surface area contributed by atoms with Gasteiger partial charge in [-0.2, -0.15) is 0 Å². The predicted octanol–water partition coefficient (Wildman–Crippen LogP) is 3.46. The minimum Gasteiger partial charge on any atom is -0.384 e. The molecule has 1 saturated heterocycles. The second-order valence-electron chi connectivity index (χ2n) is 8.16. The summed E-state index contributed by atoms with van der Waals surface area (Å²) in [7, 11) is 1.72. The fraction of sp³-hybridized carbons (Fsp3) is 0.292. The van der Waals surface area contributed by atoms with Gasteiger partial charge >= 0.3 is 6.03 Å². The van der Waals surface area contributed by atoms with Gasteiger partial charge in [-0.15, -0.1) is 11.3 Å². The van der Waals surface area contributed by atoms with Crippen LogP contribution in [0.2, 0.25) is 0 Å². The zero-order valence-electron chi connectivity index (χ0n) is 19.0. The number of nitrogens with two attached hydrogens (primary N) is 1. The van der Waals surface area contributed by atoms with Gasteiger partial charge in [-0.3, -0.25) is 15.1 Å². The first kappa shape index (κ1) is 23.4. The Bertz CT molecular complexity index is 1170. The van der Waals surface area contributed by atoms with Crippen LogP contribution in [0.5, 0.6) is 0 Å². The number of benzene rings is 1. The van der Waals surface area contributed by atoms with Crippen LogP contribution < -0.4 is 16.0 Å². The zero-order chi connectivity index (χ0) is 24.2. The maximum absolute atomic E-state index is 13.3. The van der Waals surface area contributed by atoms with Crippen molar-refractivity contribution in [2.45, 2.75) is 31.8 Å². The van der Waals surface area contributed by atoms with E-state index in [0.29, 0.717) is 24.5 Å². The van der Waals surface area contributed by atoms with Crippen molar-refractivity contribution in [3.8, 4) is 0 Å². The number of imide groups is 1. The Labute approximate surface area is 202 Å². The van der Waals surface area contributed by atoms with Crippen molar-refractivity contribution in [2.75, 3.05) is 17.7 Å². The average Bonchev–Trinajstić information content (AvgIpc) is 3.39. The molecule has 3 atom stereocenters. The van der Waals surface area contributed by atoms with Gasteiger partial charge in [-0.05, 0) is 36.1 Å². The van der Waals surface area contributed by atoms with Crippen molar-refractivity contribution in [1.29, 1.82) is 5.41 Å². The lowest BCUT2D eigenvalue weighted by Gasteiger charge is -2.47. The Morgan fingerprint density at radius 3 is 2.71 bits per heavy atom. The van der Waals surface area contributed by atoms with E-state index in [1.807, 2.05) is 42.6 Å². The number of nitrogens with zero attached hydrogens (tertiary/aromatic N) is 4. The standard InChI is InChI=1S/C24H27N7O2S/c1-3-18(16-7-5-4-6-8-16)29-24(33)31-21(22(26)30(2)20-13-34-14-28-20)17(23(31)32)11-15-9-10-27-19(25)12-15/h4-10,12-14,17-18,21,26H,3,11H2,1-2H3,(H2,25,27)(H,29,33)/t17-,18-,21+/m1/s1. The number of urea groups is 1. The van der Waals surface area contributed by atoms with Crippen LogP contribution in [0, 0.1) is 11.3 Å². The molecule has 4 rings (SSSR count). The van der Waals surface area contributed by atoms with Gasteiger partial charge in [-0.1, -0.05) is 37.3 Å². The van der Waals surface area contributed by atoms with Crippen molar-refractivity contribution < 1.29 is 9.59 Å². The number of carbonyl (C=O) groups excluding carboxylic acids is 2. The molecule has 0 spiro atoms. The smallest absolute Gasteiger partial charge is 0.325 e. The van der Waals surface area contributed by atoms with E-state index >= 15 is 0 Å². The summed E-state index contributed by atoms with van der Waals surface area (Å²) in [5.74, 6) is 0.187. The maximum atomic E-state index is 13.3. The number of rotatable bonds is 7. The highest BCUT2D eigenvalue weighted by molar-refractivity contribution is 7.07. The number of carbonyl (C=O) groups is 2. The summed E-state index contributed by atoms with van der Waals surface area (Å²) in [6.07, 6.45) is 2.60. The van der Waals surface area contributed by atoms with Crippen molar-refractivity contribution in [3.63, 3.8) is 0 Å². The van der Waals surface area contributed by atoms with Gasteiger partial charge in [0.1, 0.15) is 23.5 Å². The molecule has 34 heavy (non-hydrogen) atoms. The monoisotopic (exact) mass is 477 g/mol. The van der Waals surface area contributed by atoms with Crippen LogP contribution in [0.15, 0.2) is 59.6 Å². The summed E-state index contributed by atoms with van der Waals surface area (Å²) >= 11 is 1.41. The Balaban J connectivity index is 1.58. The molecular weight excluding hydrogens is 450 g/mol. The number of thiazole rings is 1. The largest absolute Gasteiger partial charge is 0.384 e. The second-order valence-corrected chi connectivity index (χ2v) is 8.88. The quantitative estimate of drug-likeness (QED) is 0.272. The van der Waals surface area contributed by atoms with Crippen molar-refractivity contribution in [3.05, 3.63) is 70.7 Å². The van der Waals surface area contributed by atoms with Crippen molar-refractivity contribution >= 4 is 40.7 Å². The van der Waals surface area contributed by atoms with Gasteiger partial charge in [0.25, 0.3) is 0 Å². The lowest BCUT2D eigenvalue weighted by molar-refractivity contribution is -0.146. The number of likely N-dealkylation sites (tertiary alicyclic amines) is 1. The topological polar surface area (TPSA) is 128 Å². The van der Waals surface area contributed by atoms with Gasteiger partial charge in [0, 0.05) is 18.6 Å². The normalized spacial score (nSPS) is 18.2. The minimum absolute atomic E-state index is 0.125. The van der Waals surface area contributed by atoms with E-state index in [9.17, 15) is 9.59 Å². The first-order valence-corrected chi connectivity index (χ1v) is 11.9. The Hall–Kier alpha value is -3.79. The third-order valence-electron chi connectivity index (χ3n) is 6.05. The fourth-order valence-corrected chi connectivity index (χ4v) is 4.75. The molecule has 0 bridgehead atoms. The molecule has 0 unspecified atom stereocenters.